The average molecular weight is 688 g/mol. The molecule has 4 N–H and O–H groups in total. The Morgan fingerprint density at radius 2 is 1.90 bits per heavy atom. The Balaban J connectivity index is 1.10. The molecular formula is C34H38FN9O6. The number of carbonyl (C=O) groups excluding carboxylic acids is 3. The zero-order valence-corrected chi connectivity index (χ0v) is 27.8. The molecule has 4 amide bonds. The highest BCUT2D eigenvalue weighted by Crippen LogP contribution is 2.34. The number of amides is 4. The van der Waals surface area contributed by atoms with Crippen LogP contribution in [-0.4, -0.2) is 84.2 Å². The van der Waals surface area contributed by atoms with Gasteiger partial charge in [-0.25, -0.2) is 23.6 Å². The molecule has 2 aliphatic heterocycles. The maximum absolute atomic E-state index is 15.5. The van der Waals surface area contributed by atoms with Crippen LogP contribution in [0.2, 0.25) is 0 Å². The number of anilines is 1. The number of likely N-dealkylation sites (tertiary alicyclic amines) is 1. The van der Waals surface area contributed by atoms with Crippen molar-refractivity contribution < 1.29 is 33.4 Å². The fourth-order valence-electron chi connectivity index (χ4n) is 6.29. The van der Waals surface area contributed by atoms with Crippen LogP contribution in [0.25, 0.3) is 22.4 Å². The first-order valence-corrected chi connectivity index (χ1v) is 16.3. The summed E-state index contributed by atoms with van der Waals surface area (Å²) in [4.78, 5) is 59.3. The fraction of sp³-hybridized carbons (Fsp3) is 0.382. The second kappa shape index (κ2) is 14.4. The topological polar surface area (TPSA) is 188 Å². The first-order chi connectivity index (χ1) is 24.0. The van der Waals surface area contributed by atoms with E-state index in [1.807, 2.05) is 12.1 Å². The lowest BCUT2D eigenvalue weighted by Crippen LogP contribution is -2.50. The number of ether oxygens (including phenoxy) is 1. The molecule has 15 nitrogen and oxygen atoms in total. The third kappa shape index (κ3) is 7.43. The summed E-state index contributed by atoms with van der Waals surface area (Å²) in [6.45, 7) is 6.21. The summed E-state index contributed by atoms with van der Waals surface area (Å²) < 4.78 is 22.5. The van der Waals surface area contributed by atoms with Gasteiger partial charge >= 0.3 is 12.2 Å². The molecule has 262 valence electrons. The minimum absolute atomic E-state index is 0.183. The Hall–Kier alpha value is -5.80. The van der Waals surface area contributed by atoms with E-state index in [-0.39, 0.29) is 43.4 Å². The molecular weight excluding hydrogens is 649 g/mol. The van der Waals surface area contributed by atoms with E-state index in [9.17, 15) is 24.3 Å². The molecule has 0 aliphatic carbocycles. The van der Waals surface area contributed by atoms with Gasteiger partial charge < -0.3 is 30.4 Å². The Bertz CT molecular complexity index is 1890. The molecule has 50 heavy (non-hydrogen) atoms. The van der Waals surface area contributed by atoms with Gasteiger partial charge in [-0.15, -0.1) is 5.10 Å². The van der Waals surface area contributed by atoms with Crippen LogP contribution in [-0.2, 0) is 27.4 Å². The van der Waals surface area contributed by atoms with Crippen LogP contribution in [0, 0.1) is 11.7 Å². The largest absolute Gasteiger partial charge is 0.465 e. The Kier molecular flexibility index (Phi) is 9.79. The molecule has 0 bridgehead atoms. The van der Waals surface area contributed by atoms with Crippen LogP contribution >= 0.6 is 0 Å². The average Bonchev–Trinajstić information content (AvgIpc) is 3.90. The number of carboxylic acid groups (broad SMARTS) is 1. The van der Waals surface area contributed by atoms with E-state index >= 15 is 4.39 Å². The summed E-state index contributed by atoms with van der Waals surface area (Å²) >= 11 is 0. The predicted octanol–water partition coefficient (Wildman–Crippen LogP) is 4.09. The molecule has 2 fully saturated rings. The summed E-state index contributed by atoms with van der Waals surface area (Å²) in [7, 11) is 0. The minimum Gasteiger partial charge on any atom is -0.465 e. The summed E-state index contributed by atoms with van der Waals surface area (Å²) in [6, 6.07) is 10.7. The highest BCUT2D eigenvalue weighted by atomic mass is 19.1. The van der Waals surface area contributed by atoms with Crippen LogP contribution in [0.5, 0.6) is 0 Å². The van der Waals surface area contributed by atoms with Crippen LogP contribution in [0.4, 0.5) is 19.7 Å². The van der Waals surface area contributed by atoms with Crippen molar-refractivity contribution in [3.05, 3.63) is 72.2 Å². The third-order valence-electron chi connectivity index (χ3n) is 8.80. The molecule has 0 saturated carbocycles. The third-order valence-corrected chi connectivity index (χ3v) is 8.80. The Morgan fingerprint density at radius 3 is 2.60 bits per heavy atom. The summed E-state index contributed by atoms with van der Waals surface area (Å²) in [5.41, 5.74) is 3.47. The number of nitrogens with zero attached hydrogens (tertiary/aromatic N) is 6. The molecule has 0 spiro atoms. The minimum atomic E-state index is -1.24. The number of cyclic esters (lactones) is 1. The van der Waals surface area contributed by atoms with Gasteiger partial charge in [-0.2, -0.15) is 0 Å². The van der Waals surface area contributed by atoms with Gasteiger partial charge in [0, 0.05) is 19.0 Å². The number of halogens is 1. The number of hydrogen-bond donors (Lipinski definition) is 4. The molecule has 6 rings (SSSR count). The van der Waals surface area contributed by atoms with Crippen molar-refractivity contribution in [3.63, 3.8) is 0 Å². The predicted molar refractivity (Wildman–Crippen MR) is 178 cm³/mol. The van der Waals surface area contributed by atoms with Crippen molar-refractivity contribution >= 4 is 29.7 Å². The van der Waals surface area contributed by atoms with Crippen LogP contribution < -0.4 is 15.5 Å². The number of imidazole rings is 1. The second-order valence-electron chi connectivity index (χ2n) is 12.7. The van der Waals surface area contributed by atoms with Gasteiger partial charge in [0.1, 0.15) is 29.5 Å². The van der Waals surface area contributed by atoms with Crippen molar-refractivity contribution in [2.24, 2.45) is 5.92 Å². The molecule has 0 unspecified atom stereocenters. The summed E-state index contributed by atoms with van der Waals surface area (Å²) in [5.74, 6) is -0.562. The molecule has 0 radical (unpaired) electrons. The van der Waals surface area contributed by atoms with E-state index in [2.05, 4.69) is 30.9 Å². The zero-order valence-electron chi connectivity index (χ0n) is 27.8. The molecule has 2 aliphatic rings. The van der Waals surface area contributed by atoms with Gasteiger partial charge in [0.05, 0.1) is 49.5 Å². The second-order valence-corrected chi connectivity index (χ2v) is 12.7. The molecule has 2 aromatic carbocycles. The number of nitrogens with one attached hydrogen (secondary N) is 3. The standard InChI is InChI=1S/C34H38FN9O6/c1-19(2)30(39-33(47)48)32(46)43-12-4-5-29(43)31-37-15-28(38-31)22-8-6-21(7-9-22)26-11-10-24(13-27(26)35)44-18-25(50-34(44)49)17-42-16-23(40-41-42)14-36-20(3)45/h6-11,13,15-16,19,25,29-30,39H,4-5,12,14,17-18H2,1-3H3,(H,36,45)(H,37,38)(H,47,48)/t25-,29-,30-/m0/s1. The van der Waals surface area contributed by atoms with Crippen molar-refractivity contribution in [1.29, 1.82) is 0 Å². The van der Waals surface area contributed by atoms with Gasteiger partial charge in [0.2, 0.25) is 11.8 Å². The molecule has 16 heteroatoms. The molecule has 4 heterocycles. The lowest BCUT2D eigenvalue weighted by molar-refractivity contribution is -0.135. The summed E-state index contributed by atoms with van der Waals surface area (Å²) in [5, 5.41) is 22.2. The SMILES string of the molecule is CC(=O)NCc1cn(C[C@H]2CN(c3ccc(-c4ccc(-c5cnc([C@@H]6CCCN6C(=O)[C@@H](NC(=O)O)C(C)C)[nH]5)cc4)c(F)c3)C(=O)O2)nn1. The Labute approximate surface area is 286 Å². The van der Waals surface area contributed by atoms with Crippen molar-refractivity contribution in [1.82, 2.24) is 40.5 Å². The first kappa shape index (κ1) is 34.1. The van der Waals surface area contributed by atoms with Gasteiger partial charge in [0.25, 0.3) is 0 Å². The summed E-state index contributed by atoms with van der Waals surface area (Å²) in [6.07, 6.45) is 2.46. The van der Waals surface area contributed by atoms with Crippen LogP contribution in [0.3, 0.4) is 0 Å². The number of aromatic amines is 1. The first-order valence-electron chi connectivity index (χ1n) is 16.3. The molecule has 4 aromatic rings. The van der Waals surface area contributed by atoms with E-state index in [0.717, 1.165) is 17.7 Å². The van der Waals surface area contributed by atoms with Gasteiger partial charge in [-0.05, 0) is 48.1 Å². The van der Waals surface area contributed by atoms with Crippen molar-refractivity contribution in [2.75, 3.05) is 18.0 Å². The Morgan fingerprint density at radius 1 is 1.14 bits per heavy atom. The lowest BCUT2D eigenvalue weighted by atomic mass is 10.0. The molecule has 2 saturated heterocycles. The van der Waals surface area contributed by atoms with E-state index in [1.54, 1.807) is 55.4 Å². The van der Waals surface area contributed by atoms with E-state index in [1.165, 1.54) is 22.6 Å². The quantitative estimate of drug-likeness (QED) is 0.180. The number of hydrogen-bond acceptors (Lipinski definition) is 8. The number of H-pyrrole nitrogens is 1. The molecule has 3 atom stereocenters. The van der Waals surface area contributed by atoms with E-state index in [0.29, 0.717) is 41.3 Å². The monoisotopic (exact) mass is 687 g/mol. The number of carbonyl (C=O) groups is 4. The smallest absolute Gasteiger partial charge is 0.414 e. The number of rotatable bonds is 11. The van der Waals surface area contributed by atoms with Gasteiger partial charge in [-0.1, -0.05) is 43.3 Å². The lowest BCUT2D eigenvalue weighted by Gasteiger charge is -2.29. The highest BCUT2D eigenvalue weighted by Gasteiger charge is 2.37. The van der Waals surface area contributed by atoms with Gasteiger partial charge in [0.15, 0.2) is 0 Å². The highest BCUT2D eigenvalue weighted by molar-refractivity contribution is 5.90. The normalized spacial score (nSPS) is 18.0. The fourth-order valence-corrected chi connectivity index (χ4v) is 6.29. The van der Waals surface area contributed by atoms with Crippen LogP contribution in [0.1, 0.15) is 51.2 Å². The maximum Gasteiger partial charge on any atom is 0.414 e. The van der Waals surface area contributed by atoms with Crippen molar-refractivity contribution in [2.45, 2.75) is 64.9 Å². The van der Waals surface area contributed by atoms with Gasteiger partial charge in [-0.3, -0.25) is 14.5 Å². The molecule has 2 aromatic heterocycles. The van der Waals surface area contributed by atoms with E-state index in [4.69, 9.17) is 4.74 Å². The number of aromatic nitrogens is 5. The van der Waals surface area contributed by atoms with E-state index < -0.39 is 30.1 Å². The maximum atomic E-state index is 15.5. The van der Waals surface area contributed by atoms with Crippen LogP contribution in [0.15, 0.2) is 54.9 Å². The zero-order chi connectivity index (χ0) is 35.5. The van der Waals surface area contributed by atoms with Crippen molar-refractivity contribution in [3.8, 4) is 22.4 Å². The number of benzene rings is 2.